The topological polar surface area (TPSA) is 67.6 Å². The fourth-order valence-electron chi connectivity index (χ4n) is 2.37. The van der Waals surface area contributed by atoms with E-state index in [-0.39, 0.29) is 11.4 Å². The second kappa shape index (κ2) is 5.75. The van der Waals surface area contributed by atoms with Crippen molar-refractivity contribution < 1.29 is 4.39 Å². The van der Waals surface area contributed by atoms with E-state index in [1.165, 1.54) is 16.8 Å². The number of nitriles is 1. The summed E-state index contributed by atoms with van der Waals surface area (Å²) in [5.41, 5.74) is 8.69. The van der Waals surface area contributed by atoms with Gasteiger partial charge >= 0.3 is 0 Å². The van der Waals surface area contributed by atoms with Gasteiger partial charge in [0.25, 0.3) is 0 Å². The molecule has 0 amide bonds. The van der Waals surface area contributed by atoms with E-state index in [0.29, 0.717) is 22.0 Å². The summed E-state index contributed by atoms with van der Waals surface area (Å²) >= 11 is 6.04. The maximum atomic E-state index is 13.5. The number of hydrogen-bond donors (Lipinski definition) is 1. The third kappa shape index (κ3) is 2.65. The Labute approximate surface area is 137 Å². The largest absolute Gasteiger partial charge is 0.382 e. The fraction of sp³-hybridized carbons (Fsp3) is 0.0588. The third-order valence-electron chi connectivity index (χ3n) is 3.53. The molecule has 0 saturated heterocycles. The molecule has 0 radical (unpaired) electrons. The Morgan fingerprint density at radius 3 is 2.74 bits per heavy atom. The first-order valence-corrected chi connectivity index (χ1v) is 7.20. The van der Waals surface area contributed by atoms with Gasteiger partial charge in [0.1, 0.15) is 29.0 Å². The molecule has 0 fully saturated rings. The number of aryl methyl sites for hydroxylation is 1. The second-order valence-corrected chi connectivity index (χ2v) is 5.51. The van der Waals surface area contributed by atoms with E-state index in [9.17, 15) is 9.65 Å². The highest BCUT2D eigenvalue weighted by molar-refractivity contribution is 6.30. The van der Waals surface area contributed by atoms with Crippen LogP contribution < -0.4 is 5.73 Å². The van der Waals surface area contributed by atoms with E-state index in [2.05, 4.69) is 5.10 Å². The molecule has 4 nitrogen and oxygen atoms in total. The molecule has 1 aromatic heterocycles. The molecule has 114 valence electrons. The van der Waals surface area contributed by atoms with E-state index in [0.717, 1.165) is 5.56 Å². The van der Waals surface area contributed by atoms with Gasteiger partial charge < -0.3 is 5.73 Å². The monoisotopic (exact) mass is 326 g/mol. The minimum Gasteiger partial charge on any atom is -0.382 e. The smallest absolute Gasteiger partial charge is 0.145 e. The number of rotatable bonds is 2. The zero-order valence-electron chi connectivity index (χ0n) is 12.2. The van der Waals surface area contributed by atoms with Gasteiger partial charge in [0.05, 0.1) is 5.69 Å². The van der Waals surface area contributed by atoms with Crippen molar-refractivity contribution in [2.75, 3.05) is 5.73 Å². The summed E-state index contributed by atoms with van der Waals surface area (Å²) in [4.78, 5) is 0. The van der Waals surface area contributed by atoms with Crippen LogP contribution in [0.15, 0.2) is 42.5 Å². The average molecular weight is 327 g/mol. The maximum absolute atomic E-state index is 13.5. The van der Waals surface area contributed by atoms with E-state index in [4.69, 9.17) is 17.3 Å². The minimum absolute atomic E-state index is 0.192. The summed E-state index contributed by atoms with van der Waals surface area (Å²) in [5, 5.41) is 14.4. The quantitative estimate of drug-likeness (QED) is 0.771. The third-order valence-corrected chi connectivity index (χ3v) is 3.77. The Balaban J connectivity index is 2.26. The summed E-state index contributed by atoms with van der Waals surface area (Å²) in [6.45, 7) is 1.89. The summed E-state index contributed by atoms with van der Waals surface area (Å²) < 4.78 is 14.9. The predicted octanol–water partition coefficient (Wildman–Crippen LogP) is 4.09. The van der Waals surface area contributed by atoms with Crippen LogP contribution >= 0.6 is 11.6 Å². The van der Waals surface area contributed by atoms with Gasteiger partial charge in [-0.15, -0.1) is 0 Å². The van der Waals surface area contributed by atoms with Crippen molar-refractivity contribution in [3.63, 3.8) is 0 Å². The molecule has 0 unspecified atom stereocenters. The van der Waals surface area contributed by atoms with Gasteiger partial charge in [0.15, 0.2) is 0 Å². The van der Waals surface area contributed by atoms with Gasteiger partial charge in [-0.05, 0) is 36.8 Å². The molecule has 2 aromatic carbocycles. The van der Waals surface area contributed by atoms with Crippen molar-refractivity contribution in [2.45, 2.75) is 6.92 Å². The lowest BCUT2D eigenvalue weighted by molar-refractivity contribution is 0.628. The van der Waals surface area contributed by atoms with Crippen LogP contribution in [0.2, 0.25) is 5.02 Å². The Morgan fingerprint density at radius 1 is 1.26 bits per heavy atom. The number of benzene rings is 2. The number of anilines is 1. The maximum Gasteiger partial charge on any atom is 0.145 e. The second-order valence-electron chi connectivity index (χ2n) is 5.07. The van der Waals surface area contributed by atoms with Gasteiger partial charge in [-0.25, -0.2) is 9.07 Å². The van der Waals surface area contributed by atoms with Crippen LogP contribution in [0.5, 0.6) is 0 Å². The first-order chi connectivity index (χ1) is 11.0. The molecule has 0 aliphatic heterocycles. The predicted molar refractivity (Wildman–Crippen MR) is 87.8 cm³/mol. The van der Waals surface area contributed by atoms with Crippen molar-refractivity contribution in [3.8, 4) is 23.0 Å². The molecule has 23 heavy (non-hydrogen) atoms. The van der Waals surface area contributed by atoms with Crippen LogP contribution in [0, 0.1) is 24.1 Å². The molecule has 0 aliphatic rings. The molecule has 2 N–H and O–H groups in total. The molecule has 3 rings (SSSR count). The van der Waals surface area contributed by atoms with E-state index in [1.54, 1.807) is 24.3 Å². The van der Waals surface area contributed by atoms with Gasteiger partial charge in [0, 0.05) is 10.6 Å². The van der Waals surface area contributed by atoms with Gasteiger partial charge in [-0.2, -0.15) is 10.4 Å². The summed E-state index contributed by atoms with van der Waals surface area (Å²) in [6, 6.07) is 13.3. The fourth-order valence-corrected chi connectivity index (χ4v) is 2.54. The van der Waals surface area contributed by atoms with Crippen LogP contribution in [0.4, 0.5) is 10.2 Å². The van der Waals surface area contributed by atoms with E-state index >= 15 is 0 Å². The zero-order valence-corrected chi connectivity index (χ0v) is 13.0. The molecule has 0 atom stereocenters. The SMILES string of the molecule is Cc1ccc(Cl)cc1-n1nc(-c2cccc(F)c2)c(C#N)c1N. The molecule has 6 heteroatoms. The molecular formula is C17H12ClFN4. The van der Waals surface area contributed by atoms with Gasteiger partial charge in [-0.3, -0.25) is 0 Å². The first kappa shape index (κ1) is 15.1. The molecule has 0 bridgehead atoms. The van der Waals surface area contributed by atoms with Gasteiger partial charge in [0.2, 0.25) is 0 Å². The lowest BCUT2D eigenvalue weighted by Crippen LogP contribution is -2.04. The molecule has 0 aliphatic carbocycles. The lowest BCUT2D eigenvalue weighted by atomic mass is 10.1. The Hall–Kier alpha value is -2.84. The number of nitrogens with two attached hydrogens (primary N) is 1. The lowest BCUT2D eigenvalue weighted by Gasteiger charge is -2.08. The molecule has 3 aromatic rings. The minimum atomic E-state index is -0.404. The van der Waals surface area contributed by atoms with Crippen LogP contribution in [-0.4, -0.2) is 9.78 Å². The molecule has 0 saturated carbocycles. The summed E-state index contributed by atoms with van der Waals surface area (Å²) in [7, 11) is 0. The van der Waals surface area contributed by atoms with Gasteiger partial charge in [-0.1, -0.05) is 29.8 Å². The van der Waals surface area contributed by atoms with E-state index in [1.807, 2.05) is 19.1 Å². The Morgan fingerprint density at radius 2 is 2.04 bits per heavy atom. The van der Waals surface area contributed by atoms with Crippen LogP contribution in [0.1, 0.15) is 11.1 Å². The van der Waals surface area contributed by atoms with Crippen LogP contribution in [0.3, 0.4) is 0 Å². The van der Waals surface area contributed by atoms with Crippen LogP contribution in [0.25, 0.3) is 16.9 Å². The Kier molecular flexibility index (Phi) is 3.77. The molecule has 0 spiro atoms. The van der Waals surface area contributed by atoms with Crippen molar-refractivity contribution in [3.05, 3.63) is 64.4 Å². The average Bonchev–Trinajstić information content (AvgIpc) is 2.86. The Bertz CT molecular complexity index is 940. The van der Waals surface area contributed by atoms with Crippen molar-refractivity contribution in [1.29, 1.82) is 5.26 Å². The zero-order chi connectivity index (χ0) is 16.6. The van der Waals surface area contributed by atoms with E-state index < -0.39 is 5.82 Å². The van der Waals surface area contributed by atoms with Crippen LogP contribution in [-0.2, 0) is 0 Å². The number of nitrogen functional groups attached to an aromatic ring is 1. The molecular weight excluding hydrogens is 315 g/mol. The first-order valence-electron chi connectivity index (χ1n) is 6.82. The van der Waals surface area contributed by atoms with Crippen molar-refractivity contribution >= 4 is 17.4 Å². The highest BCUT2D eigenvalue weighted by Crippen LogP contribution is 2.30. The highest BCUT2D eigenvalue weighted by atomic mass is 35.5. The summed E-state index contributed by atoms with van der Waals surface area (Å²) in [5.74, 6) is -0.212. The normalized spacial score (nSPS) is 10.5. The summed E-state index contributed by atoms with van der Waals surface area (Å²) in [6.07, 6.45) is 0. The number of nitrogens with zero attached hydrogens (tertiary/aromatic N) is 3. The standard InChI is InChI=1S/C17H12ClFN4/c1-10-5-6-12(18)8-15(10)23-17(21)14(9-20)16(22-23)11-3-2-4-13(19)7-11/h2-8H,21H2,1H3. The number of hydrogen-bond acceptors (Lipinski definition) is 3. The van der Waals surface area contributed by atoms with Crippen molar-refractivity contribution in [2.24, 2.45) is 0 Å². The number of aromatic nitrogens is 2. The number of halogens is 2. The highest BCUT2D eigenvalue weighted by Gasteiger charge is 2.19. The molecule has 1 heterocycles. The van der Waals surface area contributed by atoms with Crippen molar-refractivity contribution in [1.82, 2.24) is 9.78 Å².